The zero-order valence-corrected chi connectivity index (χ0v) is 17.7. The van der Waals surface area contributed by atoms with E-state index in [1.165, 1.54) is 6.07 Å². The van der Waals surface area contributed by atoms with Gasteiger partial charge in [-0.2, -0.15) is 11.8 Å². The van der Waals surface area contributed by atoms with E-state index in [1.54, 1.807) is 18.7 Å². The van der Waals surface area contributed by atoms with Crippen molar-refractivity contribution < 1.29 is 14.3 Å². The lowest BCUT2D eigenvalue weighted by Gasteiger charge is -2.35. The van der Waals surface area contributed by atoms with Crippen molar-refractivity contribution in [2.45, 2.75) is 38.0 Å². The summed E-state index contributed by atoms with van der Waals surface area (Å²) < 4.78 is 7.74. The van der Waals surface area contributed by atoms with Gasteiger partial charge in [-0.1, -0.05) is 6.07 Å². The van der Waals surface area contributed by atoms with E-state index >= 15 is 0 Å². The standard InChI is InChI=1S/C22H25N3O4S/c1-15-12-17(26)20(28)21(29-15)22(6-10-30-11-7-22)13-19(27)23-8-5-16-14-25-9-3-2-4-18(25)24-16/h2-4,9,12,14,28H,5-8,10-11,13H2,1H3,(H,23,27). The monoisotopic (exact) mass is 427 g/mol. The molecule has 0 aliphatic carbocycles. The number of amides is 1. The predicted octanol–water partition coefficient (Wildman–Crippen LogP) is 2.82. The number of pyridine rings is 1. The number of aromatic nitrogens is 2. The SMILES string of the molecule is Cc1cc(=O)c(O)c(C2(CC(=O)NCCc3cn4ccccc4n3)CCSCC2)o1. The minimum Gasteiger partial charge on any atom is -0.502 e. The van der Waals surface area contributed by atoms with E-state index in [0.717, 1.165) is 22.8 Å². The van der Waals surface area contributed by atoms with Crippen molar-refractivity contribution in [1.82, 2.24) is 14.7 Å². The summed E-state index contributed by atoms with van der Waals surface area (Å²) >= 11 is 1.81. The molecule has 30 heavy (non-hydrogen) atoms. The molecule has 0 saturated carbocycles. The van der Waals surface area contributed by atoms with Crippen molar-refractivity contribution in [3.05, 3.63) is 64.1 Å². The molecule has 0 spiro atoms. The lowest BCUT2D eigenvalue weighted by molar-refractivity contribution is -0.122. The maximum Gasteiger partial charge on any atom is 0.227 e. The predicted molar refractivity (Wildman–Crippen MR) is 116 cm³/mol. The second kappa shape index (κ2) is 8.55. The first kappa shape index (κ1) is 20.5. The topological polar surface area (TPSA) is 96.8 Å². The molecule has 0 aromatic carbocycles. The molecule has 1 aliphatic heterocycles. The second-order valence-electron chi connectivity index (χ2n) is 7.77. The summed E-state index contributed by atoms with van der Waals surface area (Å²) in [5.41, 5.74) is 0.668. The van der Waals surface area contributed by atoms with Crippen molar-refractivity contribution >= 4 is 23.3 Å². The van der Waals surface area contributed by atoms with Crippen LogP contribution in [-0.4, -0.2) is 38.4 Å². The molecule has 1 saturated heterocycles. The van der Waals surface area contributed by atoms with Gasteiger partial charge in [-0.05, 0) is 43.4 Å². The first-order chi connectivity index (χ1) is 14.5. The smallest absolute Gasteiger partial charge is 0.227 e. The first-order valence-electron chi connectivity index (χ1n) is 10.1. The number of fused-ring (bicyclic) bond motifs is 1. The van der Waals surface area contributed by atoms with Crippen LogP contribution in [-0.2, 0) is 16.6 Å². The van der Waals surface area contributed by atoms with Crippen LogP contribution in [0.2, 0.25) is 0 Å². The van der Waals surface area contributed by atoms with E-state index in [2.05, 4.69) is 10.3 Å². The highest BCUT2D eigenvalue weighted by Gasteiger charge is 2.41. The number of hydrogen-bond acceptors (Lipinski definition) is 6. The Morgan fingerprint density at radius 1 is 1.37 bits per heavy atom. The Morgan fingerprint density at radius 3 is 2.93 bits per heavy atom. The number of aryl methyl sites for hydroxylation is 1. The van der Waals surface area contributed by atoms with Gasteiger partial charge in [-0.3, -0.25) is 9.59 Å². The zero-order valence-electron chi connectivity index (χ0n) is 16.9. The van der Waals surface area contributed by atoms with E-state index in [0.29, 0.717) is 31.6 Å². The molecule has 0 radical (unpaired) electrons. The van der Waals surface area contributed by atoms with Crippen LogP contribution in [0.1, 0.15) is 36.5 Å². The van der Waals surface area contributed by atoms with Crippen LogP contribution in [0.5, 0.6) is 5.75 Å². The van der Waals surface area contributed by atoms with E-state index in [-0.39, 0.29) is 23.8 Å². The summed E-state index contributed by atoms with van der Waals surface area (Å²) in [6.45, 7) is 2.15. The van der Waals surface area contributed by atoms with Gasteiger partial charge in [0.05, 0.1) is 5.69 Å². The van der Waals surface area contributed by atoms with Crippen LogP contribution in [0.15, 0.2) is 45.9 Å². The molecule has 158 valence electrons. The fourth-order valence-electron chi connectivity index (χ4n) is 4.02. The zero-order chi connectivity index (χ0) is 21.1. The molecule has 1 fully saturated rings. The van der Waals surface area contributed by atoms with Gasteiger partial charge < -0.3 is 19.2 Å². The van der Waals surface area contributed by atoms with Crippen molar-refractivity contribution in [1.29, 1.82) is 0 Å². The largest absolute Gasteiger partial charge is 0.502 e. The Labute approximate surface area is 178 Å². The summed E-state index contributed by atoms with van der Waals surface area (Å²) in [6.07, 6.45) is 6.06. The van der Waals surface area contributed by atoms with Gasteiger partial charge >= 0.3 is 0 Å². The molecule has 3 aromatic heterocycles. The van der Waals surface area contributed by atoms with Gasteiger partial charge in [0, 0.05) is 43.3 Å². The Morgan fingerprint density at radius 2 is 2.17 bits per heavy atom. The highest BCUT2D eigenvalue weighted by atomic mass is 32.2. The van der Waals surface area contributed by atoms with Crippen molar-refractivity contribution in [2.24, 2.45) is 0 Å². The number of aromatic hydroxyl groups is 1. The second-order valence-corrected chi connectivity index (χ2v) is 8.99. The Bertz CT molecular complexity index is 1080. The van der Waals surface area contributed by atoms with Gasteiger partial charge in [0.15, 0.2) is 5.76 Å². The summed E-state index contributed by atoms with van der Waals surface area (Å²) in [5.74, 6) is 1.91. The lowest BCUT2D eigenvalue weighted by Crippen LogP contribution is -2.39. The number of hydrogen-bond donors (Lipinski definition) is 2. The van der Waals surface area contributed by atoms with E-state index in [4.69, 9.17) is 4.42 Å². The average molecular weight is 428 g/mol. The Hall–Kier alpha value is -2.74. The third-order valence-electron chi connectivity index (χ3n) is 5.59. The lowest BCUT2D eigenvalue weighted by atomic mass is 9.75. The molecular formula is C22H25N3O4S. The molecule has 4 rings (SSSR count). The third kappa shape index (κ3) is 4.23. The maximum absolute atomic E-state index is 12.8. The maximum atomic E-state index is 12.8. The van der Waals surface area contributed by atoms with Gasteiger partial charge in [0.1, 0.15) is 11.4 Å². The van der Waals surface area contributed by atoms with E-state index < -0.39 is 10.8 Å². The summed E-state index contributed by atoms with van der Waals surface area (Å²) in [7, 11) is 0. The molecular weight excluding hydrogens is 402 g/mol. The molecule has 2 N–H and O–H groups in total. The number of imidazole rings is 1. The minimum atomic E-state index is -0.659. The summed E-state index contributed by atoms with van der Waals surface area (Å²) in [6, 6.07) is 7.10. The van der Waals surface area contributed by atoms with Crippen LogP contribution in [0.25, 0.3) is 5.65 Å². The molecule has 3 aromatic rings. The summed E-state index contributed by atoms with van der Waals surface area (Å²) in [5, 5.41) is 13.4. The highest BCUT2D eigenvalue weighted by Crippen LogP contribution is 2.43. The van der Waals surface area contributed by atoms with Gasteiger partial charge in [-0.15, -0.1) is 0 Å². The van der Waals surface area contributed by atoms with Crippen LogP contribution < -0.4 is 10.7 Å². The molecule has 0 atom stereocenters. The molecule has 1 aliphatic rings. The van der Waals surface area contributed by atoms with Gasteiger partial charge in [-0.25, -0.2) is 4.98 Å². The van der Waals surface area contributed by atoms with Crippen LogP contribution >= 0.6 is 11.8 Å². The first-order valence-corrected chi connectivity index (χ1v) is 11.2. The van der Waals surface area contributed by atoms with Crippen molar-refractivity contribution in [3.63, 3.8) is 0 Å². The molecule has 8 heteroatoms. The fourth-order valence-corrected chi connectivity index (χ4v) is 5.29. The fraction of sp³-hybridized carbons (Fsp3) is 0.409. The highest BCUT2D eigenvalue weighted by molar-refractivity contribution is 7.99. The number of nitrogens with one attached hydrogen (secondary N) is 1. The van der Waals surface area contributed by atoms with Crippen LogP contribution in [0, 0.1) is 6.92 Å². The average Bonchev–Trinajstić information content (AvgIpc) is 3.14. The molecule has 1 amide bonds. The number of thioether (sulfide) groups is 1. The molecule has 0 bridgehead atoms. The summed E-state index contributed by atoms with van der Waals surface area (Å²) in [4.78, 5) is 29.4. The van der Waals surface area contributed by atoms with Crippen molar-refractivity contribution in [3.8, 4) is 5.75 Å². The normalized spacial score (nSPS) is 15.9. The molecule has 0 unspecified atom stereocenters. The Kier molecular flexibility index (Phi) is 5.85. The number of rotatable bonds is 6. The third-order valence-corrected chi connectivity index (χ3v) is 6.58. The molecule has 4 heterocycles. The number of carbonyl (C=O) groups excluding carboxylic acids is 1. The van der Waals surface area contributed by atoms with Gasteiger partial charge in [0.25, 0.3) is 0 Å². The quantitative estimate of drug-likeness (QED) is 0.628. The van der Waals surface area contributed by atoms with Crippen LogP contribution in [0.4, 0.5) is 0 Å². The number of carbonyl (C=O) groups is 1. The number of nitrogens with zero attached hydrogens (tertiary/aromatic N) is 2. The van der Waals surface area contributed by atoms with E-state index in [9.17, 15) is 14.7 Å². The minimum absolute atomic E-state index is 0.116. The Balaban J connectivity index is 1.45. The van der Waals surface area contributed by atoms with Crippen LogP contribution in [0.3, 0.4) is 0 Å². The van der Waals surface area contributed by atoms with E-state index in [1.807, 2.05) is 35.0 Å². The molecule has 7 nitrogen and oxygen atoms in total. The van der Waals surface area contributed by atoms with Crippen molar-refractivity contribution in [2.75, 3.05) is 18.1 Å². The van der Waals surface area contributed by atoms with Gasteiger partial charge in [0.2, 0.25) is 17.1 Å².